The summed E-state index contributed by atoms with van der Waals surface area (Å²) in [6.07, 6.45) is 4.82. The second-order valence-corrected chi connectivity index (χ2v) is 7.05. The molecule has 1 aromatic rings. The third-order valence-corrected chi connectivity index (χ3v) is 5.18. The Balaban J connectivity index is 1.90. The lowest BCUT2D eigenvalue weighted by molar-refractivity contribution is -0.119. The Morgan fingerprint density at radius 2 is 2.33 bits per heavy atom. The molecule has 0 aliphatic carbocycles. The quantitative estimate of drug-likeness (QED) is 0.795. The molecule has 1 fully saturated rings. The molecule has 1 saturated heterocycles. The third kappa shape index (κ3) is 3.19. The van der Waals surface area contributed by atoms with Crippen LogP contribution in [0.5, 0.6) is 0 Å². The minimum atomic E-state index is -2.89. The molecule has 0 amide bonds. The third-order valence-electron chi connectivity index (χ3n) is 3.34. The van der Waals surface area contributed by atoms with Crippen molar-refractivity contribution in [3.8, 4) is 0 Å². The smallest absolute Gasteiger partial charge is 0.150 e. The van der Waals surface area contributed by atoms with Gasteiger partial charge in [0.1, 0.15) is 11.6 Å². The van der Waals surface area contributed by atoms with Crippen molar-refractivity contribution < 1.29 is 13.2 Å². The van der Waals surface area contributed by atoms with Gasteiger partial charge in [-0.05, 0) is 19.3 Å². The van der Waals surface area contributed by atoms with Crippen molar-refractivity contribution in [3.05, 3.63) is 18.2 Å². The van der Waals surface area contributed by atoms with Gasteiger partial charge in [0.2, 0.25) is 0 Å². The molecule has 1 aromatic heterocycles. The summed E-state index contributed by atoms with van der Waals surface area (Å²) >= 11 is 0. The van der Waals surface area contributed by atoms with Gasteiger partial charge in [-0.1, -0.05) is 0 Å². The Kier molecular flexibility index (Phi) is 3.85. The van der Waals surface area contributed by atoms with Gasteiger partial charge in [-0.15, -0.1) is 0 Å². The fourth-order valence-corrected chi connectivity index (χ4v) is 4.26. The summed E-state index contributed by atoms with van der Waals surface area (Å²) in [4.78, 5) is 16.1. The molecule has 1 aliphatic rings. The SMILES string of the molecule is CCn1ccnc1CC(=O)CC1CCS(=O)(=O)C1. The summed E-state index contributed by atoms with van der Waals surface area (Å²) < 4.78 is 24.6. The van der Waals surface area contributed by atoms with E-state index < -0.39 is 9.84 Å². The van der Waals surface area contributed by atoms with Crippen molar-refractivity contribution in [2.75, 3.05) is 11.5 Å². The summed E-state index contributed by atoms with van der Waals surface area (Å²) in [5.74, 6) is 1.25. The van der Waals surface area contributed by atoms with Crippen LogP contribution in [-0.2, 0) is 27.6 Å². The van der Waals surface area contributed by atoms with E-state index in [0.717, 1.165) is 12.4 Å². The number of Topliss-reactive ketones (excluding diaryl/α,β-unsaturated/α-hetero) is 1. The number of aryl methyl sites for hydroxylation is 1. The number of aromatic nitrogens is 2. The number of nitrogens with zero attached hydrogens (tertiary/aromatic N) is 2. The summed E-state index contributed by atoms with van der Waals surface area (Å²) in [5, 5.41) is 0. The number of carbonyl (C=O) groups is 1. The highest BCUT2D eigenvalue weighted by molar-refractivity contribution is 7.91. The van der Waals surface area contributed by atoms with E-state index in [1.807, 2.05) is 17.7 Å². The topological polar surface area (TPSA) is 69.0 Å². The number of hydrogen-bond acceptors (Lipinski definition) is 4. The van der Waals surface area contributed by atoms with Crippen LogP contribution in [0.3, 0.4) is 0 Å². The lowest BCUT2D eigenvalue weighted by Gasteiger charge is -2.07. The van der Waals surface area contributed by atoms with Crippen LogP contribution < -0.4 is 0 Å². The van der Waals surface area contributed by atoms with Crippen molar-refractivity contribution in [3.63, 3.8) is 0 Å². The van der Waals surface area contributed by atoms with Gasteiger partial charge in [-0.25, -0.2) is 13.4 Å². The highest BCUT2D eigenvalue weighted by atomic mass is 32.2. The van der Waals surface area contributed by atoms with Crippen molar-refractivity contribution in [1.82, 2.24) is 9.55 Å². The van der Waals surface area contributed by atoms with Gasteiger partial charge < -0.3 is 4.57 Å². The van der Waals surface area contributed by atoms with Crippen LogP contribution in [-0.4, -0.2) is 35.3 Å². The second-order valence-electron chi connectivity index (χ2n) is 4.82. The zero-order valence-electron chi connectivity index (χ0n) is 10.5. The molecule has 0 N–H and O–H groups in total. The van der Waals surface area contributed by atoms with Gasteiger partial charge in [0, 0.05) is 25.4 Å². The van der Waals surface area contributed by atoms with Crippen LogP contribution in [0.15, 0.2) is 12.4 Å². The molecule has 2 rings (SSSR count). The molecule has 6 heteroatoms. The lowest BCUT2D eigenvalue weighted by atomic mass is 10.0. The molecule has 0 aromatic carbocycles. The van der Waals surface area contributed by atoms with Crippen molar-refractivity contribution in [2.45, 2.75) is 32.7 Å². The van der Waals surface area contributed by atoms with Gasteiger partial charge >= 0.3 is 0 Å². The van der Waals surface area contributed by atoms with Crippen molar-refractivity contribution in [1.29, 1.82) is 0 Å². The van der Waals surface area contributed by atoms with Crippen LogP contribution in [0.1, 0.15) is 25.6 Å². The molecule has 1 unspecified atom stereocenters. The Morgan fingerprint density at radius 1 is 1.56 bits per heavy atom. The summed E-state index contributed by atoms with van der Waals surface area (Å²) in [5.41, 5.74) is 0. The Labute approximate surface area is 107 Å². The maximum atomic E-state index is 11.9. The van der Waals surface area contributed by atoms with Crippen molar-refractivity contribution >= 4 is 15.6 Å². The van der Waals surface area contributed by atoms with E-state index in [1.165, 1.54) is 0 Å². The first-order valence-corrected chi connectivity index (χ1v) is 8.04. The normalized spacial score (nSPS) is 22.2. The van der Waals surface area contributed by atoms with E-state index in [1.54, 1.807) is 6.20 Å². The largest absolute Gasteiger partial charge is 0.335 e. The second kappa shape index (κ2) is 5.22. The number of rotatable bonds is 5. The first kappa shape index (κ1) is 13.3. The number of hydrogen-bond donors (Lipinski definition) is 0. The van der Waals surface area contributed by atoms with E-state index in [-0.39, 0.29) is 23.2 Å². The van der Waals surface area contributed by atoms with Gasteiger partial charge in [-0.3, -0.25) is 4.79 Å². The number of ketones is 1. The zero-order chi connectivity index (χ0) is 13.2. The molecular formula is C12H18N2O3S. The summed E-state index contributed by atoms with van der Waals surface area (Å²) in [6, 6.07) is 0. The molecule has 1 aliphatic heterocycles. The lowest BCUT2D eigenvalue weighted by Crippen LogP contribution is -2.14. The maximum absolute atomic E-state index is 11.9. The minimum Gasteiger partial charge on any atom is -0.335 e. The van der Waals surface area contributed by atoms with Crippen molar-refractivity contribution in [2.24, 2.45) is 5.92 Å². The Morgan fingerprint density at radius 3 is 2.94 bits per heavy atom. The predicted molar refractivity (Wildman–Crippen MR) is 68.0 cm³/mol. The van der Waals surface area contributed by atoms with Crippen LogP contribution >= 0.6 is 0 Å². The van der Waals surface area contributed by atoms with Gasteiger partial charge in [0.25, 0.3) is 0 Å². The molecule has 5 nitrogen and oxygen atoms in total. The standard InChI is InChI=1S/C12H18N2O3S/c1-2-14-5-4-13-12(14)8-11(15)7-10-3-6-18(16,17)9-10/h4-5,10H,2-3,6-9H2,1H3. The highest BCUT2D eigenvalue weighted by Crippen LogP contribution is 2.22. The first-order valence-electron chi connectivity index (χ1n) is 6.22. The number of imidazole rings is 1. The molecule has 0 saturated carbocycles. The fourth-order valence-electron chi connectivity index (χ4n) is 2.40. The monoisotopic (exact) mass is 270 g/mol. The van der Waals surface area contributed by atoms with Crippen LogP contribution in [0.25, 0.3) is 0 Å². The van der Waals surface area contributed by atoms with E-state index in [0.29, 0.717) is 19.3 Å². The molecule has 2 heterocycles. The van der Waals surface area contributed by atoms with Gasteiger partial charge in [0.05, 0.1) is 17.9 Å². The molecular weight excluding hydrogens is 252 g/mol. The number of sulfone groups is 1. The van der Waals surface area contributed by atoms with Crippen LogP contribution in [0, 0.1) is 5.92 Å². The summed E-state index contributed by atoms with van der Waals surface area (Å²) in [6.45, 7) is 2.79. The van der Waals surface area contributed by atoms with Crippen LogP contribution in [0.2, 0.25) is 0 Å². The number of carbonyl (C=O) groups excluding carboxylic acids is 1. The molecule has 100 valence electrons. The highest BCUT2D eigenvalue weighted by Gasteiger charge is 2.29. The van der Waals surface area contributed by atoms with E-state index in [4.69, 9.17) is 0 Å². The summed E-state index contributed by atoms with van der Waals surface area (Å²) in [7, 11) is -2.89. The van der Waals surface area contributed by atoms with Gasteiger partial charge in [-0.2, -0.15) is 0 Å². The Bertz CT molecular complexity index is 533. The average molecular weight is 270 g/mol. The minimum absolute atomic E-state index is 0.00698. The maximum Gasteiger partial charge on any atom is 0.150 e. The molecule has 0 bridgehead atoms. The van der Waals surface area contributed by atoms with E-state index in [2.05, 4.69) is 4.98 Å². The van der Waals surface area contributed by atoms with E-state index >= 15 is 0 Å². The van der Waals surface area contributed by atoms with Gasteiger partial charge in [0.15, 0.2) is 9.84 Å². The first-order chi connectivity index (χ1) is 8.50. The predicted octanol–water partition coefficient (Wildman–Crippen LogP) is 0.839. The average Bonchev–Trinajstić information content (AvgIpc) is 2.85. The Hall–Kier alpha value is -1.17. The molecule has 0 radical (unpaired) electrons. The fraction of sp³-hybridized carbons (Fsp3) is 0.667. The molecule has 18 heavy (non-hydrogen) atoms. The molecule has 1 atom stereocenters. The van der Waals surface area contributed by atoms with Crippen LogP contribution in [0.4, 0.5) is 0 Å². The zero-order valence-corrected chi connectivity index (χ0v) is 11.3. The van der Waals surface area contributed by atoms with E-state index in [9.17, 15) is 13.2 Å². The molecule has 0 spiro atoms.